The average molecular weight is 389 g/mol. The number of carbonyl (C=O) groups excluding carboxylic acids is 1. The molecule has 0 atom stereocenters. The van der Waals surface area contributed by atoms with Crippen LogP contribution in [0.4, 0.5) is 17.3 Å². The van der Waals surface area contributed by atoms with Gasteiger partial charge in [-0.25, -0.2) is 9.97 Å². The fourth-order valence-corrected chi connectivity index (χ4v) is 3.28. The molecule has 2 aromatic carbocycles. The number of ether oxygens (including phenoxy) is 1. The molecule has 0 unspecified atom stereocenters. The highest BCUT2D eigenvalue weighted by atomic mass is 16.5. The minimum Gasteiger partial charge on any atom is -0.497 e. The third-order valence-corrected chi connectivity index (χ3v) is 4.93. The van der Waals surface area contributed by atoms with Crippen LogP contribution in [0.25, 0.3) is 0 Å². The Morgan fingerprint density at radius 2 is 1.52 bits per heavy atom. The number of piperazine rings is 1. The molecule has 2 heterocycles. The number of benzene rings is 2. The van der Waals surface area contributed by atoms with E-state index in [0.29, 0.717) is 11.5 Å². The number of amides is 1. The first-order valence-corrected chi connectivity index (χ1v) is 9.55. The Kier molecular flexibility index (Phi) is 5.56. The minimum atomic E-state index is -0.216. The zero-order valence-electron chi connectivity index (χ0n) is 16.3. The Morgan fingerprint density at radius 3 is 2.14 bits per heavy atom. The second-order valence-corrected chi connectivity index (χ2v) is 6.76. The predicted molar refractivity (Wildman–Crippen MR) is 114 cm³/mol. The molecule has 4 rings (SSSR count). The lowest BCUT2D eigenvalue weighted by Crippen LogP contribution is -2.47. The van der Waals surface area contributed by atoms with E-state index >= 15 is 0 Å². The number of carbonyl (C=O) groups is 1. The lowest BCUT2D eigenvalue weighted by molar-refractivity contribution is 0.102. The standard InChI is InChI=1S/C22H23N5O2/c1-29-20-9-7-19(8-10-20)26-11-13-27(14-12-26)22-23-15-17(16-24-22)21(28)25-18-5-3-2-4-6-18/h2-10,15-16H,11-14H2,1H3,(H,25,28). The van der Waals surface area contributed by atoms with Gasteiger partial charge in [-0.15, -0.1) is 0 Å². The summed E-state index contributed by atoms with van der Waals surface area (Å²) in [7, 11) is 1.67. The van der Waals surface area contributed by atoms with Crippen LogP contribution in [0.15, 0.2) is 67.0 Å². The van der Waals surface area contributed by atoms with Gasteiger partial charge in [0, 0.05) is 49.9 Å². The molecule has 1 fully saturated rings. The van der Waals surface area contributed by atoms with Gasteiger partial charge in [0.1, 0.15) is 5.75 Å². The summed E-state index contributed by atoms with van der Waals surface area (Å²) in [6, 6.07) is 17.4. The Labute approximate surface area is 170 Å². The molecule has 1 saturated heterocycles. The van der Waals surface area contributed by atoms with E-state index in [2.05, 4.69) is 37.2 Å². The summed E-state index contributed by atoms with van der Waals surface area (Å²) < 4.78 is 5.22. The molecule has 0 spiro atoms. The molecule has 1 aliphatic heterocycles. The van der Waals surface area contributed by atoms with Crippen LogP contribution in [-0.2, 0) is 0 Å². The molecule has 0 radical (unpaired) electrons. The van der Waals surface area contributed by atoms with E-state index in [1.54, 1.807) is 19.5 Å². The first-order valence-electron chi connectivity index (χ1n) is 9.55. The lowest BCUT2D eigenvalue weighted by Gasteiger charge is -2.36. The minimum absolute atomic E-state index is 0.216. The number of para-hydroxylation sites is 1. The monoisotopic (exact) mass is 389 g/mol. The first-order chi connectivity index (χ1) is 14.2. The normalized spacial score (nSPS) is 13.8. The summed E-state index contributed by atoms with van der Waals surface area (Å²) in [5, 5.41) is 2.84. The van der Waals surface area contributed by atoms with E-state index < -0.39 is 0 Å². The highest BCUT2D eigenvalue weighted by molar-refractivity contribution is 6.03. The fourth-order valence-electron chi connectivity index (χ4n) is 3.28. The van der Waals surface area contributed by atoms with Crippen molar-refractivity contribution in [2.45, 2.75) is 0 Å². The zero-order chi connectivity index (χ0) is 20.1. The molecule has 7 heteroatoms. The van der Waals surface area contributed by atoms with Crippen molar-refractivity contribution in [1.29, 1.82) is 0 Å². The van der Waals surface area contributed by atoms with Crippen molar-refractivity contribution in [3.05, 3.63) is 72.6 Å². The average Bonchev–Trinajstić information content (AvgIpc) is 2.80. The summed E-state index contributed by atoms with van der Waals surface area (Å²) in [6.07, 6.45) is 3.16. The summed E-state index contributed by atoms with van der Waals surface area (Å²) in [5.74, 6) is 1.29. The second kappa shape index (κ2) is 8.60. The van der Waals surface area contributed by atoms with E-state index in [1.165, 1.54) is 5.69 Å². The van der Waals surface area contributed by atoms with Gasteiger partial charge in [0.25, 0.3) is 5.91 Å². The van der Waals surface area contributed by atoms with Crippen LogP contribution < -0.4 is 19.9 Å². The topological polar surface area (TPSA) is 70.6 Å². The molecule has 1 aromatic heterocycles. The van der Waals surface area contributed by atoms with E-state index in [4.69, 9.17) is 4.74 Å². The van der Waals surface area contributed by atoms with Crippen LogP contribution in [0, 0.1) is 0 Å². The number of anilines is 3. The van der Waals surface area contributed by atoms with Crippen LogP contribution >= 0.6 is 0 Å². The molecule has 1 aliphatic rings. The molecule has 148 valence electrons. The SMILES string of the molecule is COc1ccc(N2CCN(c3ncc(C(=O)Nc4ccccc4)cn3)CC2)cc1. The van der Waals surface area contributed by atoms with Crippen molar-refractivity contribution in [2.75, 3.05) is 48.4 Å². The van der Waals surface area contributed by atoms with E-state index in [-0.39, 0.29) is 5.91 Å². The van der Waals surface area contributed by atoms with Gasteiger partial charge in [-0.05, 0) is 36.4 Å². The third kappa shape index (κ3) is 4.45. The number of methoxy groups -OCH3 is 1. The Bertz CT molecular complexity index is 937. The maximum Gasteiger partial charge on any atom is 0.258 e. The van der Waals surface area contributed by atoms with Gasteiger partial charge in [0.2, 0.25) is 5.95 Å². The number of hydrogen-bond acceptors (Lipinski definition) is 6. The number of nitrogens with zero attached hydrogens (tertiary/aromatic N) is 4. The van der Waals surface area contributed by atoms with Crippen LogP contribution in [0.2, 0.25) is 0 Å². The van der Waals surface area contributed by atoms with Crippen LogP contribution in [0.5, 0.6) is 5.75 Å². The van der Waals surface area contributed by atoms with Crippen molar-refractivity contribution < 1.29 is 9.53 Å². The van der Waals surface area contributed by atoms with Gasteiger partial charge in [-0.2, -0.15) is 0 Å². The van der Waals surface area contributed by atoms with Crippen molar-refractivity contribution in [3.8, 4) is 5.75 Å². The first kappa shape index (κ1) is 18.7. The predicted octanol–water partition coefficient (Wildman–Crippen LogP) is 3.06. The molecule has 3 aromatic rings. The van der Waals surface area contributed by atoms with Crippen LogP contribution in [0.1, 0.15) is 10.4 Å². The lowest BCUT2D eigenvalue weighted by atomic mass is 10.2. The molecule has 29 heavy (non-hydrogen) atoms. The molecule has 0 bridgehead atoms. The molecule has 0 aliphatic carbocycles. The summed E-state index contributed by atoms with van der Waals surface area (Å²) in [5.41, 5.74) is 2.37. The largest absolute Gasteiger partial charge is 0.497 e. The van der Waals surface area contributed by atoms with Gasteiger partial charge in [0.05, 0.1) is 12.7 Å². The number of nitrogens with one attached hydrogen (secondary N) is 1. The van der Waals surface area contributed by atoms with E-state index in [1.807, 2.05) is 42.5 Å². The Morgan fingerprint density at radius 1 is 0.897 bits per heavy atom. The van der Waals surface area contributed by atoms with Gasteiger partial charge < -0.3 is 19.9 Å². The maximum atomic E-state index is 12.3. The van der Waals surface area contributed by atoms with Crippen molar-refractivity contribution in [2.24, 2.45) is 0 Å². The van der Waals surface area contributed by atoms with Gasteiger partial charge in [-0.1, -0.05) is 18.2 Å². The number of rotatable bonds is 5. The van der Waals surface area contributed by atoms with Crippen LogP contribution in [0.3, 0.4) is 0 Å². The van der Waals surface area contributed by atoms with Crippen molar-refractivity contribution >= 4 is 23.2 Å². The second-order valence-electron chi connectivity index (χ2n) is 6.76. The van der Waals surface area contributed by atoms with Crippen LogP contribution in [-0.4, -0.2) is 49.2 Å². The number of aromatic nitrogens is 2. The molecule has 0 saturated carbocycles. The van der Waals surface area contributed by atoms with Gasteiger partial charge in [-0.3, -0.25) is 4.79 Å². The van der Waals surface area contributed by atoms with Gasteiger partial charge >= 0.3 is 0 Å². The summed E-state index contributed by atoms with van der Waals surface area (Å²) in [6.45, 7) is 3.40. The fraction of sp³-hybridized carbons (Fsp3) is 0.227. The Balaban J connectivity index is 1.34. The molecule has 1 amide bonds. The number of hydrogen-bond donors (Lipinski definition) is 1. The maximum absolute atomic E-state index is 12.3. The van der Waals surface area contributed by atoms with Crippen molar-refractivity contribution in [3.63, 3.8) is 0 Å². The van der Waals surface area contributed by atoms with Crippen molar-refractivity contribution in [1.82, 2.24) is 9.97 Å². The van der Waals surface area contributed by atoms with Gasteiger partial charge in [0.15, 0.2) is 0 Å². The quantitative estimate of drug-likeness (QED) is 0.723. The smallest absolute Gasteiger partial charge is 0.258 e. The highest BCUT2D eigenvalue weighted by Gasteiger charge is 2.19. The Hall–Kier alpha value is -3.61. The molecule has 1 N–H and O–H groups in total. The molecular weight excluding hydrogens is 366 g/mol. The zero-order valence-corrected chi connectivity index (χ0v) is 16.3. The third-order valence-electron chi connectivity index (χ3n) is 4.93. The summed E-state index contributed by atoms with van der Waals surface area (Å²) >= 11 is 0. The summed E-state index contributed by atoms with van der Waals surface area (Å²) in [4.78, 5) is 25.6. The highest BCUT2D eigenvalue weighted by Crippen LogP contribution is 2.21. The van der Waals surface area contributed by atoms with E-state index in [0.717, 1.165) is 37.6 Å². The molecule has 7 nitrogen and oxygen atoms in total. The van der Waals surface area contributed by atoms with E-state index in [9.17, 15) is 4.79 Å². The molecular formula is C22H23N5O2.